The number of benzene rings is 1. The molecule has 0 amide bonds. The Morgan fingerprint density at radius 1 is 1.18 bits per heavy atom. The molecule has 2 fully saturated rings. The fraction of sp³-hybridized carbons (Fsp3) is 0.500. The monoisotopic (exact) mass is 237 g/mol. The second-order valence-electron chi connectivity index (χ2n) is 4.88. The zero-order valence-electron chi connectivity index (χ0n) is 9.46. The first-order valence-electron chi connectivity index (χ1n) is 6.06. The van der Waals surface area contributed by atoms with E-state index in [1.54, 1.807) is 0 Å². The lowest BCUT2D eigenvalue weighted by molar-refractivity contribution is 0.197. The quantitative estimate of drug-likeness (QED) is 0.746. The van der Waals surface area contributed by atoms with Crippen molar-refractivity contribution in [1.82, 2.24) is 5.23 Å². The summed E-state index contributed by atoms with van der Waals surface area (Å²) >= 11 is 0. The van der Waals surface area contributed by atoms with E-state index in [9.17, 15) is 8.78 Å². The van der Waals surface area contributed by atoms with Crippen LogP contribution in [0.25, 0.3) is 0 Å². The average Bonchev–Trinajstić information content (AvgIpc) is 2.74. The minimum Gasteiger partial charge on any atom is -0.417 e. The molecule has 90 valence electrons. The van der Waals surface area contributed by atoms with E-state index in [-0.39, 0.29) is 7.05 Å². The smallest absolute Gasteiger partial charge is 0.416 e. The van der Waals surface area contributed by atoms with Crippen LogP contribution in [0.5, 0.6) is 0 Å². The Morgan fingerprint density at radius 3 is 2.71 bits per heavy atom. The van der Waals surface area contributed by atoms with Crippen LogP contribution in [-0.4, -0.2) is 19.7 Å². The van der Waals surface area contributed by atoms with Crippen LogP contribution in [-0.2, 0) is 4.65 Å². The predicted molar refractivity (Wildman–Crippen MR) is 62.0 cm³/mol. The van der Waals surface area contributed by atoms with E-state index in [0.29, 0.717) is 24.0 Å². The molecule has 1 aromatic carbocycles. The van der Waals surface area contributed by atoms with E-state index in [0.717, 1.165) is 12.5 Å². The molecular weight excluding hydrogens is 223 g/mol. The summed E-state index contributed by atoms with van der Waals surface area (Å²) in [7, 11) is -0.375. The van der Waals surface area contributed by atoms with Crippen LogP contribution < -0.4 is 10.7 Å². The van der Waals surface area contributed by atoms with Gasteiger partial charge in [0.05, 0.1) is 0 Å². The van der Waals surface area contributed by atoms with Crippen molar-refractivity contribution < 1.29 is 13.4 Å². The van der Waals surface area contributed by atoms with Gasteiger partial charge >= 0.3 is 7.05 Å². The van der Waals surface area contributed by atoms with Crippen molar-refractivity contribution in [3.05, 3.63) is 29.8 Å². The van der Waals surface area contributed by atoms with E-state index >= 15 is 0 Å². The van der Waals surface area contributed by atoms with Gasteiger partial charge in [0.1, 0.15) is 11.6 Å². The molecule has 0 aromatic heterocycles. The van der Waals surface area contributed by atoms with E-state index in [4.69, 9.17) is 4.65 Å². The molecule has 2 nitrogen and oxygen atoms in total. The molecule has 1 heterocycles. The zero-order valence-corrected chi connectivity index (χ0v) is 9.46. The van der Waals surface area contributed by atoms with Crippen molar-refractivity contribution in [2.24, 2.45) is 5.92 Å². The predicted octanol–water partition coefficient (Wildman–Crippen LogP) is 1.45. The normalized spacial score (nSPS) is 28.2. The van der Waals surface area contributed by atoms with Crippen LogP contribution in [0.3, 0.4) is 0 Å². The summed E-state index contributed by atoms with van der Waals surface area (Å²) in [4.78, 5) is 0. The van der Waals surface area contributed by atoms with Gasteiger partial charge in [0.25, 0.3) is 0 Å². The molecule has 2 aliphatic rings. The largest absolute Gasteiger partial charge is 0.417 e. The van der Waals surface area contributed by atoms with Gasteiger partial charge in [-0.3, -0.25) is 0 Å². The fourth-order valence-electron chi connectivity index (χ4n) is 2.84. The molecule has 17 heavy (non-hydrogen) atoms. The first-order valence-corrected chi connectivity index (χ1v) is 6.06. The van der Waals surface area contributed by atoms with Crippen LogP contribution in [0.15, 0.2) is 18.2 Å². The summed E-state index contributed by atoms with van der Waals surface area (Å²) in [5, 5.41) is 3.33. The van der Waals surface area contributed by atoms with Crippen LogP contribution in [0.4, 0.5) is 8.78 Å². The van der Waals surface area contributed by atoms with Crippen LogP contribution in [0, 0.1) is 17.6 Å². The Labute approximate surface area is 99.5 Å². The molecule has 1 N–H and O–H groups in total. The number of hydrogen-bond donors (Lipinski definition) is 1. The van der Waals surface area contributed by atoms with E-state index in [2.05, 4.69) is 5.23 Å². The number of halogens is 2. The highest BCUT2D eigenvalue weighted by molar-refractivity contribution is 6.65. The van der Waals surface area contributed by atoms with Crippen molar-refractivity contribution in [2.75, 3.05) is 6.61 Å². The van der Waals surface area contributed by atoms with E-state index in [1.807, 2.05) is 0 Å². The van der Waals surface area contributed by atoms with Crippen LogP contribution >= 0.6 is 0 Å². The summed E-state index contributed by atoms with van der Waals surface area (Å²) < 4.78 is 31.9. The van der Waals surface area contributed by atoms with Crippen molar-refractivity contribution in [1.29, 1.82) is 0 Å². The third-order valence-electron chi connectivity index (χ3n) is 3.69. The Morgan fingerprint density at radius 2 is 1.94 bits per heavy atom. The lowest BCUT2D eigenvalue weighted by Crippen LogP contribution is -2.58. The summed E-state index contributed by atoms with van der Waals surface area (Å²) in [6, 6.07) is 3.97. The summed E-state index contributed by atoms with van der Waals surface area (Å²) in [5.41, 5.74) is 0.535. The number of rotatable bonds is 1. The van der Waals surface area contributed by atoms with Gasteiger partial charge in [-0.2, -0.15) is 0 Å². The molecule has 1 aliphatic carbocycles. The van der Waals surface area contributed by atoms with Gasteiger partial charge < -0.3 is 9.88 Å². The Hall–Kier alpha value is -0.935. The lowest BCUT2D eigenvalue weighted by atomic mass is 9.70. The fourth-order valence-corrected chi connectivity index (χ4v) is 2.84. The third-order valence-corrected chi connectivity index (χ3v) is 3.69. The maximum absolute atomic E-state index is 13.1. The number of fused-ring (bicyclic) bond motifs is 1. The highest BCUT2D eigenvalue weighted by atomic mass is 19.1. The van der Waals surface area contributed by atoms with E-state index in [1.165, 1.54) is 25.0 Å². The van der Waals surface area contributed by atoms with Gasteiger partial charge in [-0.05, 0) is 36.4 Å². The molecule has 0 radical (unpaired) electrons. The van der Waals surface area contributed by atoms with Gasteiger partial charge in [0.15, 0.2) is 0 Å². The third kappa shape index (κ3) is 2.22. The standard InChI is InChI=1S/C12H14BF2NO/c14-10-4-9(5-11(15)6-10)13-16-12-3-1-2-8(12)7-17-13/h4-6,8,12,16H,1-3,7H2/t8-,12-/m1/s1. The van der Waals surface area contributed by atoms with E-state index < -0.39 is 11.6 Å². The van der Waals surface area contributed by atoms with Crippen LogP contribution in [0.1, 0.15) is 19.3 Å². The molecular formula is C12H14BF2NO. The molecule has 0 spiro atoms. The molecule has 1 aromatic rings. The van der Waals surface area contributed by atoms with Crippen molar-refractivity contribution in [3.8, 4) is 0 Å². The molecule has 0 bridgehead atoms. The molecule has 1 aliphatic heterocycles. The minimum absolute atomic E-state index is 0.375. The second kappa shape index (κ2) is 4.39. The first-order chi connectivity index (χ1) is 8.22. The van der Waals surface area contributed by atoms with Crippen LogP contribution in [0.2, 0.25) is 0 Å². The molecule has 5 heteroatoms. The SMILES string of the molecule is Fc1cc(F)cc(B2N[C@@H]3CCC[C@@H]3CO2)c1. The topological polar surface area (TPSA) is 21.3 Å². The molecule has 2 atom stereocenters. The summed E-state index contributed by atoms with van der Waals surface area (Å²) in [6.45, 7) is 0.681. The minimum atomic E-state index is -0.557. The Bertz CT molecular complexity index is 409. The van der Waals surface area contributed by atoms with Crippen molar-refractivity contribution in [2.45, 2.75) is 25.3 Å². The van der Waals surface area contributed by atoms with Crippen molar-refractivity contribution in [3.63, 3.8) is 0 Å². The molecule has 3 rings (SSSR count). The molecule has 1 saturated heterocycles. The first kappa shape index (κ1) is 11.2. The van der Waals surface area contributed by atoms with Gasteiger partial charge in [0.2, 0.25) is 0 Å². The summed E-state index contributed by atoms with van der Waals surface area (Å²) in [6.07, 6.45) is 3.51. The van der Waals surface area contributed by atoms with Gasteiger partial charge in [0, 0.05) is 18.7 Å². The summed E-state index contributed by atoms with van der Waals surface area (Å²) in [5.74, 6) is -0.553. The highest BCUT2D eigenvalue weighted by Gasteiger charge is 2.37. The highest BCUT2D eigenvalue weighted by Crippen LogP contribution is 2.28. The number of hydrogen-bond acceptors (Lipinski definition) is 2. The molecule has 1 saturated carbocycles. The maximum Gasteiger partial charge on any atom is 0.416 e. The molecule has 0 unspecified atom stereocenters. The lowest BCUT2D eigenvalue weighted by Gasteiger charge is -2.31. The Kier molecular flexibility index (Phi) is 2.88. The van der Waals surface area contributed by atoms with Crippen molar-refractivity contribution >= 4 is 12.5 Å². The van der Waals surface area contributed by atoms with Gasteiger partial charge in [-0.1, -0.05) is 6.42 Å². The Balaban J connectivity index is 1.80. The average molecular weight is 237 g/mol. The van der Waals surface area contributed by atoms with Gasteiger partial charge in [-0.25, -0.2) is 8.78 Å². The van der Waals surface area contributed by atoms with Gasteiger partial charge in [-0.15, -0.1) is 0 Å². The second-order valence-corrected chi connectivity index (χ2v) is 4.88. The zero-order chi connectivity index (χ0) is 11.8. The maximum atomic E-state index is 13.1. The number of nitrogens with one attached hydrogen (secondary N) is 1.